The summed E-state index contributed by atoms with van der Waals surface area (Å²) in [5, 5.41) is 17.5. The second kappa shape index (κ2) is 4.32. The predicted molar refractivity (Wildman–Crippen MR) is 57.7 cm³/mol. The van der Waals surface area contributed by atoms with E-state index in [1.54, 1.807) is 12.3 Å². The van der Waals surface area contributed by atoms with E-state index >= 15 is 0 Å². The lowest BCUT2D eigenvalue weighted by Crippen LogP contribution is -2.08. The molecule has 1 heterocycles. The van der Waals surface area contributed by atoms with Gasteiger partial charge in [-0.2, -0.15) is 5.10 Å². The van der Waals surface area contributed by atoms with Gasteiger partial charge in [0.2, 0.25) is 0 Å². The summed E-state index contributed by atoms with van der Waals surface area (Å²) in [7, 11) is 1.30. The molecule has 0 unspecified atom stereocenters. The molecule has 2 N–H and O–H groups in total. The van der Waals surface area contributed by atoms with Crippen molar-refractivity contribution in [2.24, 2.45) is 0 Å². The van der Waals surface area contributed by atoms with Crippen molar-refractivity contribution in [3.05, 3.63) is 30.0 Å². The number of nitrogens with zero attached hydrogens (tertiary/aromatic N) is 1. The van der Waals surface area contributed by atoms with Gasteiger partial charge in [-0.15, -0.1) is 0 Å². The average Bonchev–Trinajstić information content (AvgIpc) is 2.76. The minimum Gasteiger partial charge on any atom is -0.469 e. The van der Waals surface area contributed by atoms with E-state index in [9.17, 15) is 9.90 Å². The molecule has 5 nitrogen and oxygen atoms in total. The zero-order chi connectivity index (χ0) is 11.5. The number of methoxy groups -OCH3 is 1. The highest BCUT2D eigenvalue weighted by Gasteiger charge is 2.16. The molecule has 2 rings (SSSR count). The molecule has 0 fully saturated rings. The Balaban J connectivity index is 2.32. The summed E-state index contributed by atoms with van der Waals surface area (Å²) in [6.45, 7) is 0. The number of rotatable bonds is 3. The van der Waals surface area contributed by atoms with E-state index in [2.05, 4.69) is 14.9 Å². The molecule has 0 spiro atoms. The Bertz CT molecular complexity index is 507. The first-order valence-corrected chi connectivity index (χ1v) is 4.89. The van der Waals surface area contributed by atoms with Gasteiger partial charge < -0.3 is 9.84 Å². The van der Waals surface area contributed by atoms with Gasteiger partial charge in [0.1, 0.15) is 0 Å². The van der Waals surface area contributed by atoms with E-state index in [-0.39, 0.29) is 6.42 Å². The fourth-order valence-electron chi connectivity index (χ4n) is 1.62. The minimum absolute atomic E-state index is 0.0609. The maximum Gasteiger partial charge on any atom is 0.308 e. The van der Waals surface area contributed by atoms with Crippen LogP contribution in [0.4, 0.5) is 0 Å². The number of esters is 1. The summed E-state index contributed by atoms with van der Waals surface area (Å²) in [5.41, 5.74) is 1.40. The fraction of sp³-hybridized carbons (Fsp3) is 0.273. The van der Waals surface area contributed by atoms with Gasteiger partial charge >= 0.3 is 5.97 Å². The van der Waals surface area contributed by atoms with E-state index in [0.29, 0.717) is 5.56 Å². The van der Waals surface area contributed by atoms with E-state index in [1.165, 1.54) is 7.11 Å². The smallest absolute Gasteiger partial charge is 0.308 e. The summed E-state index contributed by atoms with van der Waals surface area (Å²) in [6.07, 6.45) is 0.731. The quantitative estimate of drug-likeness (QED) is 0.761. The third kappa shape index (κ3) is 1.90. The second-order valence-electron chi connectivity index (χ2n) is 3.48. The largest absolute Gasteiger partial charge is 0.469 e. The molecule has 0 saturated carbocycles. The molecule has 0 aliphatic carbocycles. The summed E-state index contributed by atoms with van der Waals surface area (Å²) < 4.78 is 4.51. The number of ether oxygens (including phenoxy) is 1. The van der Waals surface area contributed by atoms with Gasteiger partial charge in [-0.1, -0.05) is 18.2 Å². The van der Waals surface area contributed by atoms with Crippen LogP contribution in [0.5, 0.6) is 0 Å². The molecule has 1 aromatic carbocycles. The number of para-hydroxylation sites is 1. The van der Waals surface area contributed by atoms with Gasteiger partial charge in [-0.05, 0) is 0 Å². The number of H-pyrrole nitrogens is 1. The molecular formula is C11H12N2O3. The van der Waals surface area contributed by atoms with Gasteiger partial charge in [0.25, 0.3) is 0 Å². The van der Waals surface area contributed by atoms with Crippen LogP contribution >= 0.6 is 0 Å². The molecule has 1 atom stereocenters. The average molecular weight is 220 g/mol. The van der Waals surface area contributed by atoms with Crippen LogP contribution in [-0.4, -0.2) is 28.4 Å². The van der Waals surface area contributed by atoms with E-state index in [0.717, 1.165) is 10.9 Å². The van der Waals surface area contributed by atoms with E-state index in [1.807, 2.05) is 12.1 Å². The SMILES string of the molecule is COC(=O)C[C@@H](O)c1cccc2cn[nH]c12. The van der Waals surface area contributed by atoms with Gasteiger partial charge in [0, 0.05) is 10.9 Å². The number of nitrogens with one attached hydrogen (secondary N) is 1. The Morgan fingerprint density at radius 2 is 2.44 bits per heavy atom. The lowest BCUT2D eigenvalue weighted by atomic mass is 10.0. The van der Waals surface area contributed by atoms with Gasteiger partial charge in [-0.3, -0.25) is 9.89 Å². The van der Waals surface area contributed by atoms with Crippen molar-refractivity contribution in [1.82, 2.24) is 10.2 Å². The third-order valence-electron chi connectivity index (χ3n) is 2.46. The first kappa shape index (κ1) is 10.6. The first-order valence-electron chi connectivity index (χ1n) is 4.89. The summed E-state index contributed by atoms with van der Waals surface area (Å²) in [6, 6.07) is 5.45. The molecule has 0 amide bonds. The Hall–Kier alpha value is -1.88. The van der Waals surface area contributed by atoms with Crippen LogP contribution in [0.15, 0.2) is 24.4 Å². The Morgan fingerprint density at radius 3 is 3.19 bits per heavy atom. The van der Waals surface area contributed by atoms with Crippen LogP contribution in [0.3, 0.4) is 0 Å². The molecule has 0 aliphatic rings. The van der Waals surface area contributed by atoms with Crippen molar-refractivity contribution in [3.8, 4) is 0 Å². The van der Waals surface area contributed by atoms with Crippen LogP contribution in [0.25, 0.3) is 10.9 Å². The number of hydrogen-bond donors (Lipinski definition) is 2. The molecule has 5 heteroatoms. The lowest BCUT2D eigenvalue weighted by Gasteiger charge is -2.10. The number of carbonyl (C=O) groups excluding carboxylic acids is 1. The molecule has 16 heavy (non-hydrogen) atoms. The van der Waals surface area contributed by atoms with Crippen molar-refractivity contribution in [2.75, 3.05) is 7.11 Å². The Kier molecular flexibility index (Phi) is 2.87. The molecule has 0 bridgehead atoms. The first-order chi connectivity index (χ1) is 7.72. The lowest BCUT2D eigenvalue weighted by molar-refractivity contribution is -0.142. The summed E-state index contributed by atoms with van der Waals surface area (Å²) in [5.74, 6) is -0.441. The monoisotopic (exact) mass is 220 g/mol. The van der Waals surface area contributed by atoms with Gasteiger partial charge in [0.05, 0.1) is 31.3 Å². The zero-order valence-electron chi connectivity index (χ0n) is 8.80. The van der Waals surface area contributed by atoms with Crippen molar-refractivity contribution < 1.29 is 14.6 Å². The molecule has 0 saturated heterocycles. The van der Waals surface area contributed by atoms with E-state index in [4.69, 9.17) is 0 Å². The standard InChI is InChI=1S/C11H12N2O3/c1-16-10(15)5-9(14)8-4-2-3-7-6-12-13-11(7)8/h2-4,6,9,14H,5H2,1H3,(H,12,13)/t9-/m1/s1. The second-order valence-corrected chi connectivity index (χ2v) is 3.48. The van der Waals surface area contributed by atoms with Gasteiger partial charge in [0.15, 0.2) is 0 Å². The highest BCUT2D eigenvalue weighted by Crippen LogP contribution is 2.24. The number of aliphatic hydroxyl groups excluding tert-OH is 1. The molecular weight excluding hydrogens is 208 g/mol. The van der Waals surface area contributed by atoms with Crippen molar-refractivity contribution in [1.29, 1.82) is 0 Å². The van der Waals surface area contributed by atoms with Crippen LogP contribution in [-0.2, 0) is 9.53 Å². The minimum atomic E-state index is -0.878. The highest BCUT2D eigenvalue weighted by atomic mass is 16.5. The van der Waals surface area contributed by atoms with Crippen LogP contribution < -0.4 is 0 Å². The predicted octanol–water partition coefficient (Wildman–Crippen LogP) is 1.16. The maximum atomic E-state index is 11.1. The topological polar surface area (TPSA) is 75.2 Å². The summed E-state index contributed by atoms with van der Waals surface area (Å²) >= 11 is 0. The number of benzene rings is 1. The number of aliphatic hydroxyl groups is 1. The molecule has 1 aromatic heterocycles. The number of hydrogen-bond acceptors (Lipinski definition) is 4. The molecule has 2 aromatic rings. The fourth-order valence-corrected chi connectivity index (χ4v) is 1.62. The number of aromatic amines is 1. The number of aromatic nitrogens is 2. The Labute approximate surface area is 92.0 Å². The van der Waals surface area contributed by atoms with Gasteiger partial charge in [-0.25, -0.2) is 0 Å². The number of fused-ring (bicyclic) bond motifs is 1. The normalized spacial score (nSPS) is 12.6. The maximum absolute atomic E-state index is 11.1. The number of carbonyl (C=O) groups is 1. The molecule has 0 aliphatic heterocycles. The zero-order valence-corrected chi connectivity index (χ0v) is 8.80. The summed E-state index contributed by atoms with van der Waals surface area (Å²) in [4.78, 5) is 11.1. The van der Waals surface area contributed by atoms with Crippen molar-refractivity contribution in [3.63, 3.8) is 0 Å². The van der Waals surface area contributed by atoms with Crippen molar-refractivity contribution in [2.45, 2.75) is 12.5 Å². The van der Waals surface area contributed by atoms with Crippen molar-refractivity contribution >= 4 is 16.9 Å². The van der Waals surface area contributed by atoms with Crippen LogP contribution in [0, 0.1) is 0 Å². The third-order valence-corrected chi connectivity index (χ3v) is 2.46. The van der Waals surface area contributed by atoms with Crippen LogP contribution in [0.1, 0.15) is 18.1 Å². The Morgan fingerprint density at radius 1 is 1.62 bits per heavy atom. The van der Waals surface area contributed by atoms with Crippen LogP contribution in [0.2, 0.25) is 0 Å². The molecule has 0 radical (unpaired) electrons. The molecule has 84 valence electrons. The highest BCUT2D eigenvalue weighted by molar-refractivity contribution is 5.82. The van der Waals surface area contributed by atoms with E-state index < -0.39 is 12.1 Å².